The van der Waals surface area contributed by atoms with Crippen LogP contribution in [0.5, 0.6) is 11.5 Å². The molecule has 1 saturated heterocycles. The number of hydrogen-bond acceptors (Lipinski definition) is 6. The van der Waals surface area contributed by atoms with Gasteiger partial charge in [-0.2, -0.15) is 11.8 Å². The van der Waals surface area contributed by atoms with Gasteiger partial charge in [-0.3, -0.25) is 4.98 Å². The molecule has 2 aromatic heterocycles. The lowest BCUT2D eigenvalue weighted by atomic mass is 10.1. The second-order valence-corrected chi connectivity index (χ2v) is 11.3. The molecule has 8 heteroatoms. The highest BCUT2D eigenvalue weighted by Gasteiger charge is 2.23. The number of rotatable bonds is 6. The minimum absolute atomic E-state index is 0.0748. The third kappa shape index (κ3) is 4.12. The normalized spacial score (nSPS) is 16.5. The molecule has 1 fully saturated rings. The molecule has 5 rings (SSSR count). The van der Waals surface area contributed by atoms with Crippen molar-refractivity contribution in [2.24, 2.45) is 0 Å². The van der Waals surface area contributed by atoms with Crippen LogP contribution in [-0.2, 0) is 9.84 Å². The second kappa shape index (κ2) is 8.60. The maximum absolute atomic E-state index is 12.1. The van der Waals surface area contributed by atoms with E-state index in [9.17, 15) is 8.42 Å². The molecule has 0 radical (unpaired) electrons. The van der Waals surface area contributed by atoms with Gasteiger partial charge < -0.3 is 9.72 Å². The Labute approximate surface area is 191 Å². The highest BCUT2D eigenvalue weighted by Crippen LogP contribution is 2.45. The first-order valence-electron chi connectivity index (χ1n) is 10.6. The number of nitrogens with one attached hydrogen (secondary N) is 1. The molecule has 164 valence electrons. The predicted molar refractivity (Wildman–Crippen MR) is 128 cm³/mol. The number of imidazole rings is 1. The lowest BCUT2D eigenvalue weighted by molar-refractivity contribution is 0.475. The zero-order valence-corrected chi connectivity index (χ0v) is 19.2. The second-order valence-electron chi connectivity index (χ2n) is 7.69. The highest BCUT2D eigenvalue weighted by molar-refractivity contribution is 7.99. The standard InChI is InChI=1S/C24H23N3O3S2/c1-2-32(28,29)17-10-8-16(9-11-17)30-22-15-21-20(14-18(22)23-7-5-13-31-23)26-24(27-21)19-6-3-4-12-25-19/h3-4,6,8-12,14-15,23H,2,5,7,13H2,1H3,(H,26,27). The number of fused-ring (bicyclic) bond motifs is 1. The Balaban J connectivity index is 1.53. The monoisotopic (exact) mass is 465 g/mol. The molecule has 0 saturated carbocycles. The van der Waals surface area contributed by atoms with Gasteiger partial charge in [-0.25, -0.2) is 13.4 Å². The van der Waals surface area contributed by atoms with Crippen molar-refractivity contribution >= 4 is 32.6 Å². The largest absolute Gasteiger partial charge is 0.457 e. The molecule has 0 amide bonds. The van der Waals surface area contributed by atoms with Gasteiger partial charge in [-0.05, 0) is 61.1 Å². The summed E-state index contributed by atoms with van der Waals surface area (Å²) in [7, 11) is -3.24. The topological polar surface area (TPSA) is 84.9 Å². The van der Waals surface area contributed by atoms with Crippen LogP contribution in [0.25, 0.3) is 22.6 Å². The Morgan fingerprint density at radius 1 is 1.16 bits per heavy atom. The SMILES string of the molecule is CCS(=O)(=O)c1ccc(Oc2cc3[nH]c(-c4ccccn4)nc3cc2C2CCCS2)cc1. The van der Waals surface area contributed by atoms with E-state index in [1.807, 2.05) is 36.0 Å². The lowest BCUT2D eigenvalue weighted by Crippen LogP contribution is -2.03. The van der Waals surface area contributed by atoms with Gasteiger partial charge in [0.05, 0.1) is 21.7 Å². The first-order chi connectivity index (χ1) is 15.5. The van der Waals surface area contributed by atoms with Gasteiger partial charge in [-0.1, -0.05) is 13.0 Å². The summed E-state index contributed by atoms with van der Waals surface area (Å²) in [6.07, 6.45) is 4.02. The van der Waals surface area contributed by atoms with Gasteiger partial charge >= 0.3 is 0 Å². The fraction of sp³-hybridized carbons (Fsp3) is 0.250. The van der Waals surface area contributed by atoms with Gasteiger partial charge in [0.2, 0.25) is 0 Å². The first-order valence-corrected chi connectivity index (χ1v) is 13.3. The van der Waals surface area contributed by atoms with Crippen LogP contribution >= 0.6 is 11.8 Å². The summed E-state index contributed by atoms with van der Waals surface area (Å²) in [4.78, 5) is 12.8. The summed E-state index contributed by atoms with van der Waals surface area (Å²) in [5, 5.41) is 0.351. The van der Waals surface area contributed by atoms with Crippen LogP contribution in [-0.4, -0.2) is 34.9 Å². The number of sulfone groups is 1. The van der Waals surface area contributed by atoms with Gasteiger partial charge in [0, 0.05) is 23.1 Å². The van der Waals surface area contributed by atoms with E-state index in [4.69, 9.17) is 9.72 Å². The summed E-state index contributed by atoms with van der Waals surface area (Å²) >= 11 is 1.93. The Bertz CT molecular complexity index is 1340. The molecule has 0 bridgehead atoms. The minimum atomic E-state index is -3.24. The van der Waals surface area contributed by atoms with E-state index in [2.05, 4.69) is 16.0 Å². The molecule has 1 aliphatic heterocycles. The molecule has 1 unspecified atom stereocenters. The van der Waals surface area contributed by atoms with Crippen LogP contribution in [0.3, 0.4) is 0 Å². The van der Waals surface area contributed by atoms with Crippen molar-refractivity contribution in [2.45, 2.75) is 29.9 Å². The zero-order chi connectivity index (χ0) is 22.1. The number of aromatic nitrogens is 3. The summed E-state index contributed by atoms with van der Waals surface area (Å²) in [6, 6.07) is 16.5. The lowest BCUT2D eigenvalue weighted by Gasteiger charge is -2.16. The van der Waals surface area contributed by atoms with E-state index in [0.29, 0.717) is 15.9 Å². The molecule has 0 aliphatic carbocycles. The van der Waals surface area contributed by atoms with Gasteiger partial charge in [0.25, 0.3) is 0 Å². The van der Waals surface area contributed by atoms with Crippen molar-refractivity contribution < 1.29 is 13.2 Å². The Hall–Kier alpha value is -2.84. The van der Waals surface area contributed by atoms with Crippen molar-refractivity contribution in [3.05, 3.63) is 66.4 Å². The molecule has 1 atom stereocenters. The van der Waals surface area contributed by atoms with E-state index in [1.165, 1.54) is 6.42 Å². The van der Waals surface area contributed by atoms with E-state index in [1.54, 1.807) is 37.4 Å². The maximum Gasteiger partial charge on any atom is 0.178 e. The third-order valence-corrected chi connectivity index (χ3v) is 8.76. The Morgan fingerprint density at radius 2 is 2.00 bits per heavy atom. The number of benzene rings is 2. The number of hydrogen-bond donors (Lipinski definition) is 1. The van der Waals surface area contributed by atoms with Gasteiger partial charge in [0.15, 0.2) is 15.7 Å². The highest BCUT2D eigenvalue weighted by atomic mass is 32.2. The molecule has 32 heavy (non-hydrogen) atoms. The number of pyridine rings is 1. The minimum Gasteiger partial charge on any atom is -0.457 e. The molecule has 3 heterocycles. The van der Waals surface area contributed by atoms with Gasteiger partial charge in [0.1, 0.15) is 17.2 Å². The molecular weight excluding hydrogens is 442 g/mol. The smallest absolute Gasteiger partial charge is 0.178 e. The molecular formula is C24H23N3O3S2. The number of ether oxygens (including phenoxy) is 1. The van der Waals surface area contributed by atoms with E-state index in [-0.39, 0.29) is 5.75 Å². The third-order valence-electron chi connectivity index (χ3n) is 5.59. The number of H-pyrrole nitrogens is 1. The Morgan fingerprint density at radius 3 is 2.69 bits per heavy atom. The fourth-order valence-electron chi connectivity index (χ4n) is 3.85. The summed E-state index contributed by atoms with van der Waals surface area (Å²) in [6.45, 7) is 1.64. The van der Waals surface area contributed by atoms with Gasteiger partial charge in [-0.15, -0.1) is 0 Å². The molecule has 4 aromatic rings. The average molecular weight is 466 g/mol. The van der Waals surface area contributed by atoms with Crippen molar-refractivity contribution in [1.82, 2.24) is 15.0 Å². The van der Waals surface area contributed by atoms with Crippen LogP contribution in [0, 0.1) is 0 Å². The number of aromatic amines is 1. The van der Waals surface area contributed by atoms with Crippen molar-refractivity contribution in [3.8, 4) is 23.0 Å². The maximum atomic E-state index is 12.1. The van der Waals surface area contributed by atoms with Crippen molar-refractivity contribution in [2.75, 3.05) is 11.5 Å². The number of thioether (sulfide) groups is 1. The quantitative estimate of drug-likeness (QED) is 0.389. The summed E-state index contributed by atoms with van der Waals surface area (Å²) < 4.78 is 30.5. The molecule has 1 N–H and O–H groups in total. The summed E-state index contributed by atoms with van der Waals surface area (Å²) in [5.74, 6) is 3.29. The van der Waals surface area contributed by atoms with Crippen LogP contribution in [0.2, 0.25) is 0 Å². The van der Waals surface area contributed by atoms with Crippen LogP contribution in [0.4, 0.5) is 0 Å². The molecule has 1 aliphatic rings. The summed E-state index contributed by atoms with van der Waals surface area (Å²) in [5.41, 5.74) is 3.66. The number of nitrogens with zero attached hydrogens (tertiary/aromatic N) is 2. The van der Waals surface area contributed by atoms with Crippen LogP contribution in [0.1, 0.15) is 30.6 Å². The Kier molecular flexibility index (Phi) is 5.65. The first kappa shape index (κ1) is 21.0. The van der Waals surface area contributed by atoms with Crippen molar-refractivity contribution in [1.29, 1.82) is 0 Å². The van der Waals surface area contributed by atoms with E-state index in [0.717, 1.165) is 46.0 Å². The average Bonchev–Trinajstić information content (AvgIpc) is 3.49. The fourth-order valence-corrected chi connectivity index (χ4v) is 6.05. The molecule has 2 aromatic carbocycles. The van der Waals surface area contributed by atoms with E-state index >= 15 is 0 Å². The predicted octanol–water partition coefficient (Wildman–Crippen LogP) is 5.78. The van der Waals surface area contributed by atoms with Crippen molar-refractivity contribution in [3.63, 3.8) is 0 Å². The van der Waals surface area contributed by atoms with Crippen LogP contribution in [0.15, 0.2) is 65.7 Å². The zero-order valence-electron chi connectivity index (χ0n) is 17.6. The molecule has 6 nitrogen and oxygen atoms in total. The molecule has 0 spiro atoms. The van der Waals surface area contributed by atoms with Crippen LogP contribution < -0.4 is 4.74 Å². The van der Waals surface area contributed by atoms with E-state index < -0.39 is 9.84 Å².